The zero-order chi connectivity index (χ0) is 13.0. The van der Waals surface area contributed by atoms with Crippen LogP contribution < -0.4 is 5.32 Å². The van der Waals surface area contributed by atoms with Crippen LogP contribution in [0.3, 0.4) is 0 Å². The van der Waals surface area contributed by atoms with Crippen molar-refractivity contribution in [3.05, 3.63) is 42.2 Å². The molecule has 0 aliphatic heterocycles. The van der Waals surface area contributed by atoms with Gasteiger partial charge in [0.05, 0.1) is 18.1 Å². The smallest absolute Gasteiger partial charge is 0.289 e. The molecule has 0 radical (unpaired) electrons. The molecule has 0 unspecified atom stereocenters. The molecule has 1 amide bonds. The van der Waals surface area contributed by atoms with Crippen molar-refractivity contribution in [2.45, 2.75) is 18.9 Å². The molecule has 0 spiro atoms. The number of nitrogens with one attached hydrogen (secondary N) is 1. The summed E-state index contributed by atoms with van der Waals surface area (Å²) in [6, 6.07) is 4.97. The molecule has 0 fully saturated rings. The van der Waals surface area contributed by atoms with Gasteiger partial charge in [-0.2, -0.15) is 0 Å². The third kappa shape index (κ3) is 3.21. The molecule has 0 saturated carbocycles. The maximum Gasteiger partial charge on any atom is 0.289 e. The van der Waals surface area contributed by atoms with Crippen molar-refractivity contribution >= 4 is 5.91 Å². The van der Waals surface area contributed by atoms with Gasteiger partial charge in [0.15, 0.2) is 0 Å². The summed E-state index contributed by atoms with van der Waals surface area (Å²) in [5, 5.41) is 16.1. The van der Waals surface area contributed by atoms with Crippen molar-refractivity contribution in [1.29, 1.82) is 0 Å². The SMILES string of the molecule is C[C@@](O)(CNC(=O)c1ccno1)Cc1ccco1. The van der Waals surface area contributed by atoms with Crippen LogP contribution in [0.4, 0.5) is 0 Å². The summed E-state index contributed by atoms with van der Waals surface area (Å²) < 4.78 is 9.85. The standard InChI is InChI=1S/C12H14N2O4/c1-12(16,7-9-3-2-6-17-9)8-13-11(15)10-4-5-14-18-10/h2-6,16H,7-8H2,1H3,(H,13,15)/t12-/m0/s1. The summed E-state index contributed by atoms with van der Waals surface area (Å²) in [6.07, 6.45) is 3.24. The number of carbonyl (C=O) groups is 1. The normalized spacial score (nSPS) is 14.1. The summed E-state index contributed by atoms with van der Waals surface area (Å²) in [6.45, 7) is 1.71. The molecule has 0 aromatic carbocycles. The quantitative estimate of drug-likeness (QED) is 0.826. The van der Waals surface area contributed by atoms with Crippen LogP contribution in [-0.4, -0.2) is 28.3 Å². The third-order valence-electron chi connectivity index (χ3n) is 2.43. The van der Waals surface area contributed by atoms with Crippen LogP contribution in [0.5, 0.6) is 0 Å². The molecule has 1 atom stereocenters. The van der Waals surface area contributed by atoms with E-state index in [4.69, 9.17) is 8.94 Å². The first kappa shape index (κ1) is 12.4. The van der Waals surface area contributed by atoms with E-state index in [0.29, 0.717) is 12.2 Å². The second-order valence-electron chi connectivity index (χ2n) is 4.31. The molecular formula is C12H14N2O4. The highest BCUT2D eigenvalue weighted by molar-refractivity contribution is 5.91. The first-order chi connectivity index (χ1) is 8.57. The minimum absolute atomic E-state index is 0.0905. The molecule has 6 heteroatoms. The Balaban J connectivity index is 1.87. The molecule has 18 heavy (non-hydrogen) atoms. The number of aromatic nitrogens is 1. The van der Waals surface area contributed by atoms with Crippen molar-refractivity contribution in [1.82, 2.24) is 10.5 Å². The van der Waals surface area contributed by atoms with Gasteiger partial charge in [-0.15, -0.1) is 0 Å². The van der Waals surface area contributed by atoms with Crippen molar-refractivity contribution in [2.75, 3.05) is 6.54 Å². The van der Waals surface area contributed by atoms with E-state index in [0.717, 1.165) is 0 Å². The van der Waals surface area contributed by atoms with Gasteiger partial charge in [-0.1, -0.05) is 5.16 Å². The molecule has 6 nitrogen and oxygen atoms in total. The number of amides is 1. The highest BCUT2D eigenvalue weighted by atomic mass is 16.5. The fraction of sp³-hybridized carbons (Fsp3) is 0.333. The lowest BCUT2D eigenvalue weighted by Gasteiger charge is -2.22. The Bertz CT molecular complexity index is 488. The van der Waals surface area contributed by atoms with Crippen LogP contribution >= 0.6 is 0 Å². The van der Waals surface area contributed by atoms with Gasteiger partial charge in [0.25, 0.3) is 5.91 Å². The molecule has 0 aliphatic rings. The van der Waals surface area contributed by atoms with E-state index < -0.39 is 11.5 Å². The van der Waals surface area contributed by atoms with E-state index in [2.05, 4.69) is 10.5 Å². The molecule has 0 aliphatic carbocycles. The van der Waals surface area contributed by atoms with Crippen LogP contribution in [0, 0.1) is 0 Å². The van der Waals surface area contributed by atoms with Gasteiger partial charge in [0.2, 0.25) is 5.76 Å². The lowest BCUT2D eigenvalue weighted by molar-refractivity contribution is 0.0501. The Morgan fingerprint density at radius 1 is 1.56 bits per heavy atom. The highest BCUT2D eigenvalue weighted by Crippen LogP contribution is 2.13. The molecule has 2 aromatic heterocycles. The van der Waals surface area contributed by atoms with Gasteiger partial charge in [-0.3, -0.25) is 4.79 Å². The van der Waals surface area contributed by atoms with Gasteiger partial charge in [-0.05, 0) is 19.1 Å². The van der Waals surface area contributed by atoms with E-state index in [1.54, 1.807) is 25.3 Å². The molecule has 2 N–H and O–H groups in total. The zero-order valence-electron chi connectivity index (χ0n) is 9.92. The predicted molar refractivity (Wildman–Crippen MR) is 61.9 cm³/mol. The van der Waals surface area contributed by atoms with Crippen molar-refractivity contribution < 1.29 is 18.8 Å². The average molecular weight is 250 g/mol. The van der Waals surface area contributed by atoms with E-state index in [9.17, 15) is 9.90 Å². The number of rotatable bonds is 5. The van der Waals surface area contributed by atoms with Gasteiger partial charge < -0.3 is 19.4 Å². The van der Waals surface area contributed by atoms with E-state index >= 15 is 0 Å². The van der Waals surface area contributed by atoms with E-state index in [1.165, 1.54) is 12.3 Å². The van der Waals surface area contributed by atoms with E-state index in [-0.39, 0.29) is 12.3 Å². The summed E-state index contributed by atoms with van der Waals surface area (Å²) in [5.41, 5.74) is -1.09. The average Bonchev–Trinajstić information content (AvgIpc) is 2.97. The Hall–Kier alpha value is -2.08. The second kappa shape index (κ2) is 5.05. The topological polar surface area (TPSA) is 88.5 Å². The molecule has 96 valence electrons. The number of hydrogen-bond donors (Lipinski definition) is 2. The number of furan rings is 1. The maximum atomic E-state index is 11.6. The van der Waals surface area contributed by atoms with Crippen molar-refractivity contribution in [3.8, 4) is 0 Å². The summed E-state index contributed by atoms with van der Waals surface area (Å²) in [5.74, 6) is 0.366. The van der Waals surface area contributed by atoms with Crippen LogP contribution in [0.15, 0.2) is 39.6 Å². The number of carbonyl (C=O) groups excluding carboxylic acids is 1. The Morgan fingerprint density at radius 2 is 2.39 bits per heavy atom. The number of hydrogen-bond acceptors (Lipinski definition) is 5. The molecule has 0 saturated heterocycles. The van der Waals surface area contributed by atoms with Gasteiger partial charge >= 0.3 is 0 Å². The second-order valence-corrected chi connectivity index (χ2v) is 4.31. The number of nitrogens with zero attached hydrogens (tertiary/aromatic N) is 1. The van der Waals surface area contributed by atoms with Crippen molar-refractivity contribution in [3.63, 3.8) is 0 Å². The summed E-state index contributed by atoms with van der Waals surface area (Å²) in [7, 11) is 0. The summed E-state index contributed by atoms with van der Waals surface area (Å²) >= 11 is 0. The monoisotopic (exact) mass is 250 g/mol. The fourth-order valence-electron chi connectivity index (χ4n) is 1.54. The largest absolute Gasteiger partial charge is 0.469 e. The first-order valence-corrected chi connectivity index (χ1v) is 5.50. The zero-order valence-corrected chi connectivity index (χ0v) is 9.92. The molecule has 2 rings (SSSR count). The van der Waals surface area contributed by atoms with Crippen LogP contribution in [-0.2, 0) is 6.42 Å². The minimum atomic E-state index is -1.09. The highest BCUT2D eigenvalue weighted by Gasteiger charge is 2.24. The molecule has 2 aromatic rings. The fourth-order valence-corrected chi connectivity index (χ4v) is 1.54. The van der Waals surface area contributed by atoms with Gasteiger partial charge in [0, 0.05) is 19.0 Å². The molecule has 2 heterocycles. The molecule has 0 bridgehead atoms. The molecular weight excluding hydrogens is 236 g/mol. The Kier molecular flexibility index (Phi) is 3.47. The lowest BCUT2D eigenvalue weighted by atomic mass is 10.0. The van der Waals surface area contributed by atoms with Gasteiger partial charge in [0.1, 0.15) is 5.76 Å². The van der Waals surface area contributed by atoms with E-state index in [1.807, 2.05) is 0 Å². The van der Waals surface area contributed by atoms with Crippen molar-refractivity contribution in [2.24, 2.45) is 0 Å². The van der Waals surface area contributed by atoms with Gasteiger partial charge in [-0.25, -0.2) is 0 Å². The Labute approximate surface area is 104 Å². The van der Waals surface area contributed by atoms with Crippen LogP contribution in [0.2, 0.25) is 0 Å². The Morgan fingerprint density at radius 3 is 3.00 bits per heavy atom. The maximum absolute atomic E-state index is 11.6. The van der Waals surface area contributed by atoms with Crippen LogP contribution in [0.1, 0.15) is 23.2 Å². The first-order valence-electron chi connectivity index (χ1n) is 5.50. The lowest BCUT2D eigenvalue weighted by Crippen LogP contribution is -2.42. The predicted octanol–water partition coefficient (Wildman–Crippen LogP) is 0.991. The number of aliphatic hydroxyl groups is 1. The third-order valence-corrected chi connectivity index (χ3v) is 2.43. The van der Waals surface area contributed by atoms with Crippen LogP contribution in [0.25, 0.3) is 0 Å². The minimum Gasteiger partial charge on any atom is -0.469 e. The summed E-state index contributed by atoms with van der Waals surface area (Å²) in [4.78, 5) is 11.6.